The first-order valence-corrected chi connectivity index (χ1v) is 4.89. The van der Waals surface area contributed by atoms with E-state index < -0.39 is 5.76 Å². The second-order valence-electron chi connectivity index (χ2n) is 3.83. The molecule has 0 spiro atoms. The Morgan fingerprint density at radius 2 is 2.27 bits per heavy atom. The van der Waals surface area contributed by atoms with E-state index in [1.54, 1.807) is 0 Å². The van der Waals surface area contributed by atoms with Crippen LogP contribution in [0.3, 0.4) is 0 Å². The zero-order valence-corrected chi connectivity index (χ0v) is 8.26. The number of aromatic amines is 1. The molecule has 1 aliphatic heterocycles. The molecule has 78 valence electrons. The molecule has 0 saturated carbocycles. The fourth-order valence-corrected chi connectivity index (χ4v) is 1.84. The maximum atomic E-state index is 11.0. The Kier molecular flexibility index (Phi) is 1.56. The van der Waals surface area contributed by atoms with E-state index in [0.29, 0.717) is 11.6 Å². The van der Waals surface area contributed by atoms with Gasteiger partial charge in [0.2, 0.25) is 0 Å². The molecule has 1 aliphatic rings. The summed E-state index contributed by atoms with van der Waals surface area (Å²) in [5, 5.41) is 6.61. The van der Waals surface area contributed by atoms with Crippen LogP contribution >= 0.6 is 0 Å². The van der Waals surface area contributed by atoms with Gasteiger partial charge < -0.3 is 15.1 Å². The van der Waals surface area contributed by atoms with Crippen molar-refractivity contribution in [3.05, 3.63) is 22.7 Å². The van der Waals surface area contributed by atoms with Crippen molar-refractivity contribution >= 4 is 22.5 Å². The van der Waals surface area contributed by atoms with Gasteiger partial charge in [0.1, 0.15) is 0 Å². The van der Waals surface area contributed by atoms with Crippen molar-refractivity contribution in [1.29, 1.82) is 0 Å². The molecule has 0 amide bonds. The number of aromatic nitrogens is 1. The third-order valence-corrected chi connectivity index (χ3v) is 2.56. The van der Waals surface area contributed by atoms with Gasteiger partial charge in [0.15, 0.2) is 5.58 Å². The lowest BCUT2D eigenvalue weighted by Gasteiger charge is -2.25. The predicted molar refractivity (Wildman–Crippen MR) is 58.4 cm³/mol. The molecule has 3 N–H and O–H groups in total. The Bertz CT molecular complexity index is 570. The Labute approximate surface area is 85.5 Å². The monoisotopic (exact) mass is 205 g/mol. The van der Waals surface area contributed by atoms with Crippen molar-refractivity contribution in [2.45, 2.75) is 13.0 Å². The standard InChI is InChI=1S/C10H11N3O2/c1-5-4-11-6-3-9-8(2-7(6)12-5)13-10(14)15-9/h2-3,5,11-12H,4H2,1H3,(H,13,14). The van der Waals surface area contributed by atoms with Crippen molar-refractivity contribution in [1.82, 2.24) is 4.98 Å². The van der Waals surface area contributed by atoms with E-state index in [9.17, 15) is 4.79 Å². The van der Waals surface area contributed by atoms with Gasteiger partial charge in [-0.05, 0) is 13.0 Å². The molecule has 5 heteroatoms. The number of H-pyrrole nitrogens is 1. The quantitative estimate of drug-likeness (QED) is 0.607. The van der Waals surface area contributed by atoms with Gasteiger partial charge in [-0.1, -0.05) is 0 Å². The van der Waals surface area contributed by atoms with Crippen LogP contribution in [0.4, 0.5) is 11.4 Å². The summed E-state index contributed by atoms with van der Waals surface area (Å²) in [5.74, 6) is -0.416. The minimum absolute atomic E-state index is 0.383. The van der Waals surface area contributed by atoms with Gasteiger partial charge in [0.05, 0.1) is 16.9 Å². The van der Waals surface area contributed by atoms with Gasteiger partial charge in [-0.25, -0.2) is 4.79 Å². The maximum absolute atomic E-state index is 11.0. The predicted octanol–water partition coefficient (Wildman–Crippen LogP) is 1.35. The first kappa shape index (κ1) is 8.40. The number of fused-ring (bicyclic) bond motifs is 2. The number of hydrogen-bond acceptors (Lipinski definition) is 4. The molecule has 0 fully saturated rings. The topological polar surface area (TPSA) is 70.1 Å². The highest BCUT2D eigenvalue weighted by atomic mass is 16.4. The normalized spacial score (nSPS) is 19.4. The lowest BCUT2D eigenvalue weighted by molar-refractivity contribution is 0.555. The summed E-state index contributed by atoms with van der Waals surface area (Å²) in [6.45, 7) is 2.96. The van der Waals surface area contributed by atoms with Gasteiger partial charge in [-0.2, -0.15) is 0 Å². The van der Waals surface area contributed by atoms with Crippen LogP contribution < -0.4 is 16.4 Å². The number of anilines is 2. The number of oxazole rings is 1. The number of hydrogen-bond donors (Lipinski definition) is 3. The van der Waals surface area contributed by atoms with Crippen LogP contribution in [-0.2, 0) is 0 Å². The van der Waals surface area contributed by atoms with Gasteiger partial charge >= 0.3 is 5.76 Å². The summed E-state index contributed by atoms with van der Waals surface area (Å²) in [7, 11) is 0. The van der Waals surface area contributed by atoms with Gasteiger partial charge in [-0.15, -0.1) is 0 Å². The van der Waals surface area contributed by atoms with Crippen molar-refractivity contribution in [3.8, 4) is 0 Å². The number of nitrogens with one attached hydrogen (secondary N) is 3. The average molecular weight is 205 g/mol. The largest absolute Gasteiger partial charge is 0.417 e. The molecule has 1 atom stereocenters. The second-order valence-corrected chi connectivity index (χ2v) is 3.83. The van der Waals surface area contributed by atoms with E-state index in [0.717, 1.165) is 23.4 Å². The molecular weight excluding hydrogens is 194 g/mol. The molecule has 1 aromatic heterocycles. The Balaban J connectivity index is 2.23. The molecule has 2 aromatic rings. The van der Waals surface area contributed by atoms with Crippen LogP contribution in [0.2, 0.25) is 0 Å². The van der Waals surface area contributed by atoms with E-state index in [2.05, 4.69) is 22.5 Å². The Morgan fingerprint density at radius 1 is 1.40 bits per heavy atom. The molecule has 1 unspecified atom stereocenters. The van der Waals surface area contributed by atoms with Gasteiger partial charge in [-0.3, -0.25) is 4.98 Å². The van der Waals surface area contributed by atoms with E-state index in [-0.39, 0.29) is 0 Å². The summed E-state index contributed by atoms with van der Waals surface area (Å²) < 4.78 is 4.98. The fraction of sp³-hybridized carbons (Fsp3) is 0.300. The van der Waals surface area contributed by atoms with Gasteiger partial charge in [0, 0.05) is 18.7 Å². The van der Waals surface area contributed by atoms with E-state index in [4.69, 9.17) is 4.42 Å². The van der Waals surface area contributed by atoms with E-state index >= 15 is 0 Å². The smallest absolute Gasteiger partial charge is 0.408 e. The molecule has 15 heavy (non-hydrogen) atoms. The van der Waals surface area contributed by atoms with Crippen LogP contribution in [-0.4, -0.2) is 17.6 Å². The van der Waals surface area contributed by atoms with Gasteiger partial charge in [0.25, 0.3) is 0 Å². The fourth-order valence-electron chi connectivity index (χ4n) is 1.84. The molecule has 1 aromatic carbocycles. The molecule has 0 aliphatic carbocycles. The molecular formula is C10H11N3O2. The Hall–Kier alpha value is -1.91. The summed E-state index contributed by atoms with van der Waals surface area (Å²) >= 11 is 0. The van der Waals surface area contributed by atoms with Crippen LogP contribution in [0.25, 0.3) is 11.1 Å². The van der Waals surface area contributed by atoms with E-state index in [1.165, 1.54) is 0 Å². The highest BCUT2D eigenvalue weighted by Gasteiger charge is 2.15. The molecule has 0 saturated heterocycles. The average Bonchev–Trinajstić information content (AvgIpc) is 2.53. The van der Waals surface area contributed by atoms with Crippen molar-refractivity contribution in [3.63, 3.8) is 0 Å². The third-order valence-electron chi connectivity index (χ3n) is 2.56. The SMILES string of the molecule is CC1CNc2cc3oc(=O)[nH]c3cc2N1. The van der Waals surface area contributed by atoms with Crippen LogP contribution in [0, 0.1) is 0 Å². The Morgan fingerprint density at radius 3 is 3.13 bits per heavy atom. The summed E-state index contributed by atoms with van der Waals surface area (Å²) in [4.78, 5) is 13.6. The molecule has 3 rings (SSSR count). The zero-order valence-electron chi connectivity index (χ0n) is 8.26. The van der Waals surface area contributed by atoms with Crippen LogP contribution in [0.5, 0.6) is 0 Å². The zero-order chi connectivity index (χ0) is 10.4. The summed E-state index contributed by atoms with van der Waals surface area (Å²) in [6.07, 6.45) is 0. The lowest BCUT2D eigenvalue weighted by atomic mass is 10.1. The van der Waals surface area contributed by atoms with Crippen LogP contribution in [0.1, 0.15) is 6.92 Å². The highest BCUT2D eigenvalue weighted by molar-refractivity contribution is 5.87. The minimum atomic E-state index is -0.416. The molecule has 0 radical (unpaired) electrons. The van der Waals surface area contributed by atoms with E-state index in [1.807, 2.05) is 12.1 Å². The van der Waals surface area contributed by atoms with Crippen LogP contribution in [0.15, 0.2) is 21.3 Å². The first-order valence-electron chi connectivity index (χ1n) is 4.89. The molecule has 5 nitrogen and oxygen atoms in total. The lowest BCUT2D eigenvalue weighted by Crippen LogP contribution is -2.29. The number of rotatable bonds is 0. The number of benzene rings is 1. The highest BCUT2D eigenvalue weighted by Crippen LogP contribution is 2.29. The first-order chi connectivity index (χ1) is 7.22. The minimum Gasteiger partial charge on any atom is -0.408 e. The van der Waals surface area contributed by atoms with Crippen molar-refractivity contribution < 1.29 is 4.42 Å². The summed E-state index contributed by atoms with van der Waals surface area (Å²) in [5.41, 5.74) is 3.28. The maximum Gasteiger partial charge on any atom is 0.417 e. The summed E-state index contributed by atoms with van der Waals surface area (Å²) in [6, 6.07) is 4.10. The second kappa shape index (κ2) is 2.79. The molecule has 2 heterocycles. The third kappa shape index (κ3) is 1.27. The van der Waals surface area contributed by atoms with Crippen molar-refractivity contribution in [2.24, 2.45) is 0 Å². The molecule has 0 bridgehead atoms. The van der Waals surface area contributed by atoms with Crippen molar-refractivity contribution in [2.75, 3.05) is 17.2 Å².